The van der Waals surface area contributed by atoms with Gasteiger partial charge in [0.1, 0.15) is 6.26 Å². The van der Waals surface area contributed by atoms with Gasteiger partial charge in [-0.3, -0.25) is 14.5 Å². The average Bonchev–Trinajstić information content (AvgIpc) is 3.48. The minimum Gasteiger partial charge on any atom is -0.444 e. The normalized spacial score (nSPS) is 16.2. The Hall–Kier alpha value is -3.72. The summed E-state index contributed by atoms with van der Waals surface area (Å²) < 4.78 is 7.29. The number of hydrogen-bond acceptors (Lipinski definition) is 7. The number of aryl methyl sites for hydroxylation is 2. The van der Waals surface area contributed by atoms with Gasteiger partial charge in [-0.05, 0) is 37.6 Å². The molecule has 0 bridgehead atoms. The van der Waals surface area contributed by atoms with Crippen molar-refractivity contribution >= 4 is 28.2 Å². The molecule has 1 aromatic carbocycles. The molecule has 158 valence electrons. The Labute approximate surface area is 178 Å². The molecule has 1 atom stereocenters. The van der Waals surface area contributed by atoms with E-state index in [9.17, 15) is 9.90 Å². The summed E-state index contributed by atoms with van der Waals surface area (Å²) in [7, 11) is 1.85. The molecule has 4 heterocycles. The number of oxazole rings is 1. The topological polar surface area (TPSA) is 109 Å². The molecule has 9 heteroatoms. The van der Waals surface area contributed by atoms with Crippen molar-refractivity contribution in [2.75, 3.05) is 23.3 Å². The molecule has 1 fully saturated rings. The maximum Gasteiger partial charge on any atom is 0.277 e. The Morgan fingerprint density at radius 1 is 1.32 bits per heavy atom. The van der Waals surface area contributed by atoms with E-state index in [1.807, 2.05) is 32.2 Å². The van der Waals surface area contributed by atoms with Crippen LogP contribution in [0.4, 0.5) is 11.4 Å². The van der Waals surface area contributed by atoms with E-state index < -0.39 is 0 Å². The molecule has 0 radical (unpaired) electrons. The van der Waals surface area contributed by atoms with Crippen LogP contribution in [-0.4, -0.2) is 50.0 Å². The van der Waals surface area contributed by atoms with E-state index in [1.54, 1.807) is 23.1 Å². The van der Waals surface area contributed by atoms with Gasteiger partial charge in [-0.15, -0.1) is 0 Å². The number of nitrogens with zero attached hydrogens (tertiary/aromatic N) is 5. The van der Waals surface area contributed by atoms with Crippen LogP contribution in [-0.2, 0) is 7.05 Å². The van der Waals surface area contributed by atoms with Crippen molar-refractivity contribution < 1.29 is 14.3 Å². The maximum absolute atomic E-state index is 13.0. The first-order valence-corrected chi connectivity index (χ1v) is 10.1. The van der Waals surface area contributed by atoms with E-state index >= 15 is 0 Å². The highest BCUT2D eigenvalue weighted by Gasteiger charge is 2.25. The quantitative estimate of drug-likeness (QED) is 0.524. The molecule has 1 saturated heterocycles. The van der Waals surface area contributed by atoms with Gasteiger partial charge in [-0.1, -0.05) is 0 Å². The Morgan fingerprint density at radius 2 is 2.19 bits per heavy atom. The van der Waals surface area contributed by atoms with E-state index in [-0.39, 0.29) is 17.7 Å². The number of pyridine rings is 1. The number of β-amino-alcohol motifs (C(OH)–C–C–N with tert-alkyl or cyclic N) is 1. The number of nitrogens with one attached hydrogen (secondary N) is 1. The molecule has 31 heavy (non-hydrogen) atoms. The number of aliphatic hydroxyl groups excluding tert-OH is 1. The van der Waals surface area contributed by atoms with Crippen molar-refractivity contribution in [2.45, 2.75) is 19.4 Å². The Kier molecular flexibility index (Phi) is 4.67. The van der Waals surface area contributed by atoms with Gasteiger partial charge in [0.05, 0.1) is 29.2 Å². The van der Waals surface area contributed by atoms with Gasteiger partial charge in [-0.25, -0.2) is 4.98 Å². The molecule has 4 aromatic rings. The number of aliphatic hydroxyl groups is 1. The van der Waals surface area contributed by atoms with Crippen LogP contribution in [0, 0.1) is 6.92 Å². The maximum atomic E-state index is 13.0. The third-order valence-corrected chi connectivity index (χ3v) is 5.50. The molecule has 0 saturated carbocycles. The number of hydrogen-bond donors (Lipinski definition) is 2. The first-order valence-electron chi connectivity index (χ1n) is 10.1. The lowest BCUT2D eigenvalue weighted by Crippen LogP contribution is -2.23. The summed E-state index contributed by atoms with van der Waals surface area (Å²) in [5, 5.41) is 18.2. The number of rotatable bonds is 4. The molecule has 0 aliphatic carbocycles. The zero-order chi connectivity index (χ0) is 21.5. The van der Waals surface area contributed by atoms with Crippen LogP contribution in [0.5, 0.6) is 0 Å². The predicted molar refractivity (Wildman–Crippen MR) is 116 cm³/mol. The summed E-state index contributed by atoms with van der Waals surface area (Å²) in [4.78, 5) is 23.6. The zero-order valence-electron chi connectivity index (χ0n) is 17.2. The third-order valence-electron chi connectivity index (χ3n) is 5.50. The second kappa shape index (κ2) is 7.51. The lowest BCUT2D eigenvalue weighted by molar-refractivity contribution is 0.102. The fraction of sp³-hybridized carbons (Fsp3) is 0.273. The molecule has 0 unspecified atom stereocenters. The first kappa shape index (κ1) is 19.3. The summed E-state index contributed by atoms with van der Waals surface area (Å²) in [6.07, 6.45) is 5.13. The summed E-state index contributed by atoms with van der Waals surface area (Å²) in [5.74, 6) is -0.0103. The van der Waals surface area contributed by atoms with Crippen LogP contribution in [0.3, 0.4) is 0 Å². The minimum atomic E-state index is -0.380. The Balaban J connectivity index is 1.47. The molecule has 1 aliphatic rings. The molecular weight excluding hydrogens is 396 g/mol. The SMILES string of the molecule is Cc1cc(-c2nc(C(=O)Nc3cc4c(cnn4C)cc3N3CC[C@H](O)C3)co2)ccn1. The fourth-order valence-electron chi connectivity index (χ4n) is 3.89. The number of aromatic nitrogens is 4. The van der Waals surface area contributed by atoms with Gasteiger partial charge in [0.25, 0.3) is 5.91 Å². The lowest BCUT2D eigenvalue weighted by atomic mass is 10.1. The highest BCUT2D eigenvalue weighted by Crippen LogP contribution is 2.34. The molecular formula is C22H22N6O3. The number of anilines is 2. The van der Waals surface area contributed by atoms with Gasteiger partial charge in [0, 0.05) is 43.0 Å². The Morgan fingerprint density at radius 3 is 2.97 bits per heavy atom. The number of fused-ring (bicyclic) bond motifs is 1. The van der Waals surface area contributed by atoms with Crippen LogP contribution in [0.25, 0.3) is 22.4 Å². The average molecular weight is 418 g/mol. The first-order chi connectivity index (χ1) is 15.0. The second-order valence-corrected chi connectivity index (χ2v) is 7.76. The summed E-state index contributed by atoms with van der Waals surface area (Å²) in [6.45, 7) is 3.11. The predicted octanol–water partition coefficient (Wildman–Crippen LogP) is 2.76. The van der Waals surface area contributed by atoms with Crippen LogP contribution in [0.15, 0.2) is 47.3 Å². The van der Waals surface area contributed by atoms with Crippen molar-refractivity contribution in [1.82, 2.24) is 19.7 Å². The van der Waals surface area contributed by atoms with E-state index in [2.05, 4.69) is 25.3 Å². The third kappa shape index (κ3) is 3.64. The lowest BCUT2D eigenvalue weighted by Gasteiger charge is -2.22. The van der Waals surface area contributed by atoms with E-state index in [0.717, 1.165) is 27.8 Å². The van der Waals surface area contributed by atoms with Crippen molar-refractivity contribution in [2.24, 2.45) is 7.05 Å². The fourth-order valence-corrected chi connectivity index (χ4v) is 3.89. The summed E-state index contributed by atoms with van der Waals surface area (Å²) in [6, 6.07) is 7.52. The van der Waals surface area contributed by atoms with Crippen molar-refractivity contribution in [1.29, 1.82) is 0 Å². The minimum absolute atomic E-state index is 0.182. The monoisotopic (exact) mass is 418 g/mol. The van der Waals surface area contributed by atoms with Crippen LogP contribution in [0.2, 0.25) is 0 Å². The molecule has 5 rings (SSSR count). The van der Waals surface area contributed by atoms with Gasteiger partial charge in [0.15, 0.2) is 5.69 Å². The molecule has 1 amide bonds. The summed E-state index contributed by atoms with van der Waals surface area (Å²) >= 11 is 0. The van der Waals surface area contributed by atoms with Crippen molar-refractivity contribution in [3.8, 4) is 11.5 Å². The van der Waals surface area contributed by atoms with E-state index in [0.29, 0.717) is 31.1 Å². The number of amides is 1. The molecule has 9 nitrogen and oxygen atoms in total. The van der Waals surface area contributed by atoms with Crippen LogP contribution in [0.1, 0.15) is 22.6 Å². The standard InChI is InChI=1S/C22H22N6O3/c1-13-7-14(3-5-23-13)22-26-18(12-31-22)21(30)25-17-9-19-15(10-24-27(19)2)8-20(17)28-6-4-16(29)11-28/h3,5,7-10,12,16,29H,4,6,11H2,1-2H3,(H,25,30)/t16-/m0/s1. The molecule has 2 N–H and O–H groups in total. The largest absolute Gasteiger partial charge is 0.444 e. The highest BCUT2D eigenvalue weighted by atomic mass is 16.3. The van der Waals surface area contributed by atoms with Crippen LogP contribution < -0.4 is 10.2 Å². The van der Waals surface area contributed by atoms with Gasteiger partial charge in [-0.2, -0.15) is 5.10 Å². The van der Waals surface area contributed by atoms with Crippen LogP contribution >= 0.6 is 0 Å². The zero-order valence-corrected chi connectivity index (χ0v) is 17.2. The van der Waals surface area contributed by atoms with Gasteiger partial charge < -0.3 is 19.7 Å². The number of carbonyl (C=O) groups is 1. The van der Waals surface area contributed by atoms with E-state index in [4.69, 9.17) is 4.42 Å². The summed E-state index contributed by atoms with van der Waals surface area (Å²) in [5.41, 5.74) is 4.16. The number of carbonyl (C=O) groups excluding carboxylic acids is 1. The highest BCUT2D eigenvalue weighted by molar-refractivity contribution is 6.06. The smallest absolute Gasteiger partial charge is 0.277 e. The van der Waals surface area contributed by atoms with Crippen molar-refractivity contribution in [3.05, 3.63) is 54.3 Å². The van der Waals surface area contributed by atoms with E-state index in [1.165, 1.54) is 6.26 Å². The molecule has 0 spiro atoms. The van der Waals surface area contributed by atoms with Crippen molar-refractivity contribution in [3.63, 3.8) is 0 Å². The Bertz CT molecular complexity index is 1280. The number of benzene rings is 1. The molecule has 3 aromatic heterocycles. The van der Waals surface area contributed by atoms with Gasteiger partial charge >= 0.3 is 0 Å². The van der Waals surface area contributed by atoms with Gasteiger partial charge in [0.2, 0.25) is 5.89 Å². The molecule has 1 aliphatic heterocycles. The second-order valence-electron chi connectivity index (χ2n) is 7.76.